The van der Waals surface area contributed by atoms with Crippen LogP contribution in [0.25, 0.3) is 10.8 Å². The number of nitrogens with two attached hydrogens (primary N) is 1. The molecule has 36 heavy (non-hydrogen) atoms. The normalized spacial score (nSPS) is 10.8. The van der Waals surface area contributed by atoms with Crippen LogP contribution in [0.15, 0.2) is 69.6 Å². The van der Waals surface area contributed by atoms with E-state index in [9.17, 15) is 9.59 Å². The van der Waals surface area contributed by atoms with E-state index < -0.39 is 11.8 Å². The van der Waals surface area contributed by atoms with E-state index in [-0.39, 0.29) is 11.7 Å². The van der Waals surface area contributed by atoms with Gasteiger partial charge in [0.15, 0.2) is 11.7 Å². The Hall–Kier alpha value is -2.79. The van der Waals surface area contributed by atoms with Gasteiger partial charge in [-0.05, 0) is 75.2 Å². The lowest BCUT2D eigenvalue weighted by molar-refractivity contribution is -0.121. The fourth-order valence-electron chi connectivity index (χ4n) is 3.69. The molecule has 6 nitrogen and oxygen atoms in total. The number of fused-ring (bicyclic) bond motifs is 1. The lowest BCUT2D eigenvalue weighted by atomic mass is 10.1. The van der Waals surface area contributed by atoms with Gasteiger partial charge < -0.3 is 15.8 Å². The van der Waals surface area contributed by atoms with Crippen LogP contribution in [0.5, 0.6) is 5.75 Å². The smallest absolute Gasteiger partial charge is 0.264 e. The Kier molecular flexibility index (Phi) is 8.40. The number of ether oxygens (including phenoxy) is 1. The molecule has 3 aromatic carbocycles. The maximum absolute atomic E-state index is 12.5. The standard InChI is InChI=1S/C26H21Br2N3O3S2/c1-14-20(11-15-5-3-2-4-6-15)36-25(22(14)24(29)33)31-26(35)30-21(32)13-34-19-10-7-16-12-17(27)8-9-18(16)23(19)28/h2-10,12H,11,13H2,1H3,(H2,29,33)(H2,30,31,32,35). The molecule has 4 rings (SSSR count). The van der Waals surface area contributed by atoms with Crippen LogP contribution in [-0.4, -0.2) is 23.5 Å². The van der Waals surface area contributed by atoms with Crippen molar-refractivity contribution in [3.63, 3.8) is 0 Å². The molecule has 0 bridgehead atoms. The zero-order valence-electron chi connectivity index (χ0n) is 19.1. The Balaban J connectivity index is 1.40. The minimum atomic E-state index is -0.559. The highest BCUT2D eigenvalue weighted by atomic mass is 79.9. The second-order valence-corrected chi connectivity index (χ2v) is 11.1. The van der Waals surface area contributed by atoms with Crippen molar-refractivity contribution < 1.29 is 14.3 Å². The van der Waals surface area contributed by atoms with Gasteiger partial charge >= 0.3 is 0 Å². The van der Waals surface area contributed by atoms with Crippen molar-refractivity contribution in [3.8, 4) is 5.75 Å². The minimum Gasteiger partial charge on any atom is -0.483 e. The van der Waals surface area contributed by atoms with E-state index in [4.69, 9.17) is 22.7 Å². The minimum absolute atomic E-state index is 0.0565. The van der Waals surface area contributed by atoms with Crippen LogP contribution in [0.3, 0.4) is 0 Å². The quantitative estimate of drug-likeness (QED) is 0.205. The predicted octanol–water partition coefficient (Wildman–Crippen LogP) is 6.32. The van der Waals surface area contributed by atoms with Crippen molar-refractivity contribution in [2.24, 2.45) is 5.73 Å². The van der Waals surface area contributed by atoms with E-state index in [2.05, 4.69) is 42.5 Å². The Bertz CT molecular complexity index is 1470. The van der Waals surface area contributed by atoms with E-state index in [0.717, 1.165) is 35.7 Å². The van der Waals surface area contributed by atoms with Crippen molar-refractivity contribution in [3.05, 3.63) is 91.2 Å². The number of hydrogen-bond donors (Lipinski definition) is 3. The maximum atomic E-state index is 12.5. The van der Waals surface area contributed by atoms with Gasteiger partial charge in [-0.25, -0.2) is 0 Å². The van der Waals surface area contributed by atoms with Crippen LogP contribution in [0.2, 0.25) is 0 Å². The van der Waals surface area contributed by atoms with Crippen molar-refractivity contribution >= 4 is 88.1 Å². The topological polar surface area (TPSA) is 93.4 Å². The van der Waals surface area contributed by atoms with Crippen molar-refractivity contribution in [1.82, 2.24) is 5.32 Å². The molecular weight excluding hydrogens is 626 g/mol. The number of halogens is 2. The molecule has 4 N–H and O–H groups in total. The first-order chi connectivity index (χ1) is 17.2. The monoisotopic (exact) mass is 645 g/mol. The maximum Gasteiger partial charge on any atom is 0.264 e. The number of benzene rings is 3. The molecule has 10 heteroatoms. The molecule has 0 saturated heterocycles. The average molecular weight is 647 g/mol. The molecule has 1 heterocycles. The van der Waals surface area contributed by atoms with E-state index >= 15 is 0 Å². The molecule has 1 aromatic heterocycles. The molecule has 0 unspecified atom stereocenters. The van der Waals surface area contributed by atoms with Crippen LogP contribution in [0.4, 0.5) is 5.00 Å². The van der Waals surface area contributed by atoms with Crippen LogP contribution in [0, 0.1) is 6.92 Å². The zero-order valence-corrected chi connectivity index (χ0v) is 23.9. The summed E-state index contributed by atoms with van der Waals surface area (Å²) in [5, 5.41) is 8.10. The fourth-order valence-corrected chi connectivity index (χ4v) is 6.21. The molecule has 2 amide bonds. The Morgan fingerprint density at radius 2 is 1.83 bits per heavy atom. The van der Waals surface area contributed by atoms with Gasteiger partial charge in [-0.2, -0.15) is 0 Å². The third-order valence-corrected chi connectivity index (χ3v) is 8.14. The highest BCUT2D eigenvalue weighted by molar-refractivity contribution is 9.11. The third kappa shape index (κ3) is 6.12. The molecular formula is C26H21Br2N3O3S2. The number of nitrogens with one attached hydrogen (secondary N) is 2. The molecule has 4 aromatic rings. The molecule has 0 aliphatic carbocycles. The molecule has 0 fully saturated rings. The Labute approximate surface area is 234 Å². The first-order valence-corrected chi connectivity index (χ1v) is 13.6. The van der Waals surface area contributed by atoms with Crippen LogP contribution in [-0.2, 0) is 11.2 Å². The SMILES string of the molecule is Cc1c(Cc2ccccc2)sc(NC(=S)NC(=O)COc2ccc3cc(Br)ccc3c2Br)c1C(N)=O. The second kappa shape index (κ2) is 11.5. The van der Waals surface area contributed by atoms with Gasteiger partial charge in [-0.15, -0.1) is 11.3 Å². The third-order valence-electron chi connectivity index (χ3n) is 5.42. The van der Waals surface area contributed by atoms with E-state index in [1.807, 2.05) is 61.5 Å². The van der Waals surface area contributed by atoms with E-state index in [1.165, 1.54) is 11.3 Å². The molecule has 0 radical (unpaired) electrons. The fraction of sp³-hybridized carbons (Fsp3) is 0.115. The first kappa shape index (κ1) is 26.3. The van der Waals surface area contributed by atoms with Crippen LogP contribution >= 0.6 is 55.4 Å². The zero-order chi connectivity index (χ0) is 25.8. The number of hydrogen-bond acceptors (Lipinski definition) is 5. The number of thiocarbonyl (C=S) groups is 1. The van der Waals surface area contributed by atoms with Gasteiger partial charge in [0.05, 0.1) is 10.0 Å². The number of rotatable bonds is 7. The van der Waals surface area contributed by atoms with Gasteiger partial charge in [-0.3, -0.25) is 14.9 Å². The van der Waals surface area contributed by atoms with E-state index in [1.54, 1.807) is 6.07 Å². The van der Waals surface area contributed by atoms with Gasteiger partial charge in [-0.1, -0.05) is 58.4 Å². The van der Waals surface area contributed by atoms with E-state index in [0.29, 0.717) is 22.7 Å². The second-order valence-electron chi connectivity index (χ2n) is 7.92. The lowest BCUT2D eigenvalue weighted by Gasteiger charge is -2.12. The summed E-state index contributed by atoms with van der Waals surface area (Å²) in [6.45, 7) is 1.61. The highest BCUT2D eigenvalue weighted by Gasteiger charge is 2.21. The number of carbonyl (C=O) groups is 2. The summed E-state index contributed by atoms with van der Waals surface area (Å²) in [6.07, 6.45) is 0.657. The molecule has 0 spiro atoms. The molecule has 184 valence electrons. The lowest BCUT2D eigenvalue weighted by Crippen LogP contribution is -2.37. The summed E-state index contributed by atoms with van der Waals surface area (Å²) in [4.78, 5) is 25.6. The van der Waals surface area contributed by atoms with Crippen molar-refractivity contribution in [2.45, 2.75) is 13.3 Å². The van der Waals surface area contributed by atoms with Crippen LogP contribution in [0.1, 0.15) is 26.4 Å². The van der Waals surface area contributed by atoms with Gasteiger partial charge in [0.25, 0.3) is 11.8 Å². The predicted molar refractivity (Wildman–Crippen MR) is 156 cm³/mol. The number of carbonyl (C=O) groups excluding carboxylic acids is 2. The summed E-state index contributed by atoms with van der Waals surface area (Å²) in [6, 6.07) is 19.5. The molecule has 0 saturated carbocycles. The summed E-state index contributed by atoms with van der Waals surface area (Å²) < 4.78 is 7.44. The molecule has 0 atom stereocenters. The highest BCUT2D eigenvalue weighted by Crippen LogP contribution is 2.35. The molecule has 0 aliphatic rings. The average Bonchev–Trinajstić information content (AvgIpc) is 3.13. The number of amides is 2. The van der Waals surface area contributed by atoms with Crippen molar-refractivity contribution in [1.29, 1.82) is 0 Å². The van der Waals surface area contributed by atoms with Gasteiger partial charge in [0.1, 0.15) is 10.8 Å². The number of primary amides is 1. The summed E-state index contributed by atoms with van der Waals surface area (Å²) >= 11 is 13.7. The first-order valence-electron chi connectivity index (χ1n) is 10.8. The molecule has 0 aliphatic heterocycles. The van der Waals surface area contributed by atoms with Gasteiger partial charge in [0.2, 0.25) is 0 Å². The summed E-state index contributed by atoms with van der Waals surface area (Å²) in [5.41, 5.74) is 7.92. The summed E-state index contributed by atoms with van der Waals surface area (Å²) in [5.74, 6) is -0.459. The Morgan fingerprint density at radius 3 is 2.56 bits per heavy atom. The van der Waals surface area contributed by atoms with Crippen LogP contribution < -0.4 is 21.1 Å². The number of thiophene rings is 1. The van der Waals surface area contributed by atoms with Gasteiger partial charge in [0, 0.05) is 15.8 Å². The summed E-state index contributed by atoms with van der Waals surface area (Å²) in [7, 11) is 0. The Morgan fingerprint density at radius 1 is 1.08 bits per heavy atom. The largest absolute Gasteiger partial charge is 0.483 e. The van der Waals surface area contributed by atoms with Crippen molar-refractivity contribution in [2.75, 3.05) is 11.9 Å². The number of anilines is 1.